The van der Waals surface area contributed by atoms with E-state index >= 15 is 0 Å². The number of aliphatic imine (C=N–C) groups is 1. The van der Waals surface area contributed by atoms with E-state index in [1.807, 2.05) is 44.2 Å². The Labute approximate surface area is 177 Å². The normalized spacial score (nSPS) is 11.0. The molecule has 0 radical (unpaired) electrons. The molecule has 1 heterocycles. The molecule has 3 N–H and O–H groups in total. The van der Waals surface area contributed by atoms with E-state index in [1.165, 1.54) is 16.7 Å². The molecular formula is C21H26IN5. The van der Waals surface area contributed by atoms with E-state index in [-0.39, 0.29) is 24.0 Å². The van der Waals surface area contributed by atoms with E-state index in [0.717, 1.165) is 23.0 Å². The van der Waals surface area contributed by atoms with Crippen LogP contribution in [0.5, 0.6) is 0 Å². The number of para-hydroxylation sites is 1. The number of aromatic nitrogens is 2. The highest BCUT2D eigenvalue weighted by Crippen LogP contribution is 2.10. The van der Waals surface area contributed by atoms with Crippen molar-refractivity contribution in [1.82, 2.24) is 15.5 Å². The summed E-state index contributed by atoms with van der Waals surface area (Å²) in [6, 6.07) is 18.5. The smallest absolute Gasteiger partial charge is 0.196 e. The second-order valence-electron chi connectivity index (χ2n) is 6.41. The molecule has 0 amide bonds. The van der Waals surface area contributed by atoms with Crippen molar-refractivity contribution in [2.45, 2.75) is 33.9 Å². The summed E-state index contributed by atoms with van der Waals surface area (Å²) in [4.78, 5) is 4.74. The summed E-state index contributed by atoms with van der Waals surface area (Å²) in [6.45, 7) is 7.41. The monoisotopic (exact) mass is 475 g/mol. The third-order valence-electron chi connectivity index (χ3n) is 4.29. The molecule has 2 aromatic carbocycles. The van der Waals surface area contributed by atoms with Crippen molar-refractivity contribution in [2.75, 3.05) is 5.32 Å². The lowest BCUT2D eigenvalue weighted by atomic mass is 10.1. The molecule has 0 spiro atoms. The van der Waals surface area contributed by atoms with Crippen LogP contribution in [0, 0.1) is 20.8 Å². The fourth-order valence-corrected chi connectivity index (χ4v) is 2.67. The number of aromatic amines is 1. The molecule has 3 aromatic rings. The molecule has 0 aliphatic carbocycles. The number of anilines is 1. The van der Waals surface area contributed by atoms with E-state index < -0.39 is 0 Å². The lowest BCUT2D eigenvalue weighted by Crippen LogP contribution is -2.30. The first-order valence-corrected chi connectivity index (χ1v) is 8.78. The van der Waals surface area contributed by atoms with Gasteiger partial charge in [-0.15, -0.1) is 24.0 Å². The molecule has 0 unspecified atom stereocenters. The summed E-state index contributed by atoms with van der Waals surface area (Å²) in [7, 11) is 0. The van der Waals surface area contributed by atoms with Gasteiger partial charge in [0.1, 0.15) is 0 Å². The van der Waals surface area contributed by atoms with Gasteiger partial charge >= 0.3 is 0 Å². The number of benzene rings is 2. The standard InChI is InChI=1S/C21H25N5.HI/c1-15-9-11-18(12-10-15)13-22-21(24-19-7-5-4-6-8-19)23-14-20-16(2)25-26-17(20)3;/h4-12H,13-14H2,1-3H3,(H,25,26)(H2,22,23,24);1H. The number of aryl methyl sites for hydroxylation is 3. The zero-order chi connectivity index (χ0) is 18.4. The predicted octanol–water partition coefficient (Wildman–Crippen LogP) is 4.71. The summed E-state index contributed by atoms with van der Waals surface area (Å²) in [5, 5.41) is 14.1. The maximum atomic E-state index is 4.74. The molecule has 5 nitrogen and oxygen atoms in total. The average Bonchev–Trinajstić information content (AvgIpc) is 2.97. The lowest BCUT2D eigenvalue weighted by molar-refractivity contribution is 0.878. The van der Waals surface area contributed by atoms with Crippen LogP contribution in [0.2, 0.25) is 0 Å². The molecule has 0 atom stereocenters. The molecule has 142 valence electrons. The van der Waals surface area contributed by atoms with Crippen LogP contribution in [0.15, 0.2) is 59.6 Å². The van der Waals surface area contributed by atoms with Gasteiger partial charge in [0, 0.05) is 23.5 Å². The molecule has 0 aliphatic heterocycles. The van der Waals surface area contributed by atoms with E-state index in [9.17, 15) is 0 Å². The summed E-state index contributed by atoms with van der Waals surface area (Å²) < 4.78 is 0. The Balaban J connectivity index is 0.00000261. The Hall–Kier alpha value is -2.35. The number of H-pyrrole nitrogens is 1. The largest absolute Gasteiger partial charge is 0.352 e. The van der Waals surface area contributed by atoms with Crippen LogP contribution in [0.3, 0.4) is 0 Å². The van der Waals surface area contributed by atoms with Crippen LogP contribution in [0.1, 0.15) is 28.1 Å². The van der Waals surface area contributed by atoms with Crippen LogP contribution in [-0.2, 0) is 13.1 Å². The summed E-state index contributed by atoms with van der Waals surface area (Å²) >= 11 is 0. The third kappa shape index (κ3) is 6.09. The minimum atomic E-state index is 0. The highest BCUT2D eigenvalue weighted by Gasteiger charge is 2.07. The van der Waals surface area contributed by atoms with Gasteiger partial charge in [0.05, 0.1) is 12.2 Å². The van der Waals surface area contributed by atoms with E-state index in [4.69, 9.17) is 4.99 Å². The first kappa shape index (κ1) is 21.0. The Morgan fingerprint density at radius 1 is 1.00 bits per heavy atom. The number of rotatable bonds is 5. The van der Waals surface area contributed by atoms with Crippen molar-refractivity contribution >= 4 is 35.6 Å². The van der Waals surface area contributed by atoms with Crippen molar-refractivity contribution in [3.05, 3.63) is 82.7 Å². The maximum absolute atomic E-state index is 4.74. The van der Waals surface area contributed by atoms with Gasteiger partial charge in [-0.1, -0.05) is 48.0 Å². The second-order valence-corrected chi connectivity index (χ2v) is 6.41. The predicted molar refractivity (Wildman–Crippen MR) is 123 cm³/mol. The number of hydrogen-bond donors (Lipinski definition) is 3. The topological polar surface area (TPSA) is 65.1 Å². The molecule has 0 fully saturated rings. The van der Waals surface area contributed by atoms with Crippen molar-refractivity contribution in [1.29, 1.82) is 0 Å². The number of hydrogen-bond acceptors (Lipinski definition) is 2. The van der Waals surface area contributed by atoms with Crippen LogP contribution >= 0.6 is 24.0 Å². The maximum Gasteiger partial charge on any atom is 0.196 e. The van der Waals surface area contributed by atoms with Crippen LogP contribution in [0.4, 0.5) is 5.69 Å². The van der Waals surface area contributed by atoms with Gasteiger partial charge in [-0.3, -0.25) is 5.10 Å². The fourth-order valence-electron chi connectivity index (χ4n) is 2.67. The summed E-state index contributed by atoms with van der Waals surface area (Å²) in [6.07, 6.45) is 0. The van der Waals surface area contributed by atoms with Gasteiger partial charge in [-0.05, 0) is 38.5 Å². The Kier molecular flexibility index (Phi) is 7.84. The molecule has 0 aliphatic rings. The van der Waals surface area contributed by atoms with Gasteiger partial charge in [-0.25, -0.2) is 4.99 Å². The molecule has 27 heavy (non-hydrogen) atoms. The molecule has 0 saturated carbocycles. The van der Waals surface area contributed by atoms with E-state index in [2.05, 4.69) is 52.0 Å². The van der Waals surface area contributed by atoms with Crippen molar-refractivity contribution < 1.29 is 0 Å². The second kappa shape index (κ2) is 10.1. The third-order valence-corrected chi connectivity index (χ3v) is 4.29. The molecule has 1 aromatic heterocycles. The Morgan fingerprint density at radius 3 is 2.33 bits per heavy atom. The first-order chi connectivity index (χ1) is 12.6. The molecule has 0 saturated heterocycles. The molecule has 3 rings (SSSR count). The number of guanidine groups is 1. The summed E-state index contributed by atoms with van der Waals surface area (Å²) in [5.41, 5.74) is 6.69. The minimum Gasteiger partial charge on any atom is -0.352 e. The van der Waals surface area contributed by atoms with Gasteiger partial charge in [0.25, 0.3) is 0 Å². The molecular weight excluding hydrogens is 449 g/mol. The zero-order valence-electron chi connectivity index (χ0n) is 15.9. The van der Waals surface area contributed by atoms with Crippen LogP contribution < -0.4 is 10.6 Å². The van der Waals surface area contributed by atoms with Gasteiger partial charge in [0.2, 0.25) is 0 Å². The van der Waals surface area contributed by atoms with Crippen molar-refractivity contribution in [2.24, 2.45) is 4.99 Å². The van der Waals surface area contributed by atoms with Crippen molar-refractivity contribution in [3.63, 3.8) is 0 Å². The Bertz CT molecular complexity index is 850. The molecule has 6 heteroatoms. The number of halogens is 1. The van der Waals surface area contributed by atoms with E-state index in [0.29, 0.717) is 13.1 Å². The van der Waals surface area contributed by atoms with Crippen LogP contribution in [-0.4, -0.2) is 16.2 Å². The highest BCUT2D eigenvalue weighted by atomic mass is 127. The SMILES string of the molecule is Cc1ccc(CN=C(NCc2c(C)n[nH]c2C)Nc2ccccc2)cc1.I. The zero-order valence-corrected chi connectivity index (χ0v) is 18.2. The first-order valence-electron chi connectivity index (χ1n) is 8.78. The highest BCUT2D eigenvalue weighted by molar-refractivity contribution is 14.0. The lowest BCUT2D eigenvalue weighted by Gasteiger charge is -2.13. The number of nitrogens with zero attached hydrogens (tertiary/aromatic N) is 2. The number of nitrogens with one attached hydrogen (secondary N) is 3. The average molecular weight is 475 g/mol. The van der Waals surface area contributed by atoms with E-state index in [1.54, 1.807) is 0 Å². The Morgan fingerprint density at radius 2 is 1.70 bits per heavy atom. The minimum absolute atomic E-state index is 0. The quantitative estimate of drug-likeness (QED) is 0.285. The van der Waals surface area contributed by atoms with Crippen molar-refractivity contribution in [3.8, 4) is 0 Å². The fraction of sp³-hybridized carbons (Fsp3) is 0.238. The van der Waals surface area contributed by atoms with Gasteiger partial charge < -0.3 is 10.6 Å². The molecule has 0 bridgehead atoms. The summed E-state index contributed by atoms with van der Waals surface area (Å²) in [5.74, 6) is 0.747. The van der Waals surface area contributed by atoms with Crippen LogP contribution in [0.25, 0.3) is 0 Å². The van der Waals surface area contributed by atoms with Gasteiger partial charge in [-0.2, -0.15) is 5.10 Å². The van der Waals surface area contributed by atoms with Gasteiger partial charge in [0.15, 0.2) is 5.96 Å².